The van der Waals surface area contributed by atoms with E-state index in [1.54, 1.807) is 24.3 Å². The number of carbonyl (C=O) groups is 1. The zero-order chi connectivity index (χ0) is 15.7. The number of alkyl halides is 3. The highest BCUT2D eigenvalue weighted by Gasteiger charge is 2.57. The Bertz CT molecular complexity index is 515. The van der Waals surface area contributed by atoms with Crippen LogP contribution < -0.4 is 4.74 Å². The van der Waals surface area contributed by atoms with E-state index >= 15 is 0 Å². The maximum Gasteiger partial charge on any atom is 0.419 e. The van der Waals surface area contributed by atoms with Crippen LogP contribution in [-0.4, -0.2) is 47.9 Å². The Morgan fingerprint density at radius 1 is 1.38 bits per heavy atom. The van der Waals surface area contributed by atoms with Gasteiger partial charge >= 0.3 is 6.18 Å². The third-order valence-electron chi connectivity index (χ3n) is 3.64. The van der Waals surface area contributed by atoms with Crippen molar-refractivity contribution in [3.05, 3.63) is 29.8 Å². The van der Waals surface area contributed by atoms with E-state index in [2.05, 4.69) is 0 Å². The molecule has 0 bridgehead atoms. The molecule has 1 heterocycles. The van der Waals surface area contributed by atoms with Gasteiger partial charge in [-0.05, 0) is 17.7 Å². The number of halogens is 3. The molecule has 1 N–H and O–H groups in total. The second-order valence-corrected chi connectivity index (χ2v) is 5.12. The standard InChI is InChI=1S/C14H16F3NO3/c1-21-11-4-2-10(3-5-11)8-12(19)18-7-6-13(20,9-18)14(15,16)17/h2-5,20H,6-9H2,1H3/t13-/m0/s1. The van der Waals surface area contributed by atoms with Gasteiger partial charge in [0, 0.05) is 13.0 Å². The molecule has 1 amide bonds. The number of methoxy groups -OCH3 is 1. The van der Waals surface area contributed by atoms with Crippen LogP contribution in [-0.2, 0) is 11.2 Å². The largest absolute Gasteiger partial charge is 0.497 e. The van der Waals surface area contributed by atoms with Crippen molar-refractivity contribution in [1.29, 1.82) is 0 Å². The summed E-state index contributed by atoms with van der Waals surface area (Å²) in [6.45, 7) is -0.795. The van der Waals surface area contributed by atoms with Crippen molar-refractivity contribution in [3.63, 3.8) is 0 Å². The zero-order valence-corrected chi connectivity index (χ0v) is 11.5. The molecule has 1 aromatic carbocycles. The number of β-amino-alcohol motifs (C(OH)–C–C–N with tert-alkyl or cyclic N) is 1. The fourth-order valence-corrected chi connectivity index (χ4v) is 2.27. The van der Waals surface area contributed by atoms with E-state index in [0.29, 0.717) is 11.3 Å². The molecule has 1 fully saturated rings. The summed E-state index contributed by atoms with van der Waals surface area (Å²) in [6, 6.07) is 6.73. The van der Waals surface area contributed by atoms with Crippen LogP contribution in [0.3, 0.4) is 0 Å². The van der Waals surface area contributed by atoms with Crippen LogP contribution in [0.15, 0.2) is 24.3 Å². The molecule has 1 atom stereocenters. The average Bonchev–Trinajstić information content (AvgIpc) is 2.83. The zero-order valence-electron chi connectivity index (χ0n) is 11.5. The smallest absolute Gasteiger partial charge is 0.419 e. The van der Waals surface area contributed by atoms with Gasteiger partial charge in [-0.1, -0.05) is 12.1 Å². The number of hydrogen-bond acceptors (Lipinski definition) is 3. The summed E-state index contributed by atoms with van der Waals surface area (Å²) < 4.78 is 43.1. The second-order valence-electron chi connectivity index (χ2n) is 5.12. The van der Waals surface area contributed by atoms with Crippen molar-refractivity contribution < 1.29 is 27.8 Å². The van der Waals surface area contributed by atoms with E-state index in [0.717, 1.165) is 4.90 Å². The summed E-state index contributed by atoms with van der Waals surface area (Å²) in [4.78, 5) is 13.1. The molecule has 116 valence electrons. The number of aliphatic hydroxyl groups is 1. The molecule has 1 aliphatic heterocycles. The van der Waals surface area contributed by atoms with Gasteiger partial charge in [-0.3, -0.25) is 4.79 Å². The first-order valence-electron chi connectivity index (χ1n) is 6.45. The number of nitrogens with zero attached hydrogens (tertiary/aromatic N) is 1. The predicted molar refractivity (Wildman–Crippen MR) is 68.9 cm³/mol. The number of benzene rings is 1. The molecular weight excluding hydrogens is 287 g/mol. The number of amides is 1. The monoisotopic (exact) mass is 303 g/mol. The molecule has 1 saturated heterocycles. The van der Waals surface area contributed by atoms with Crippen molar-refractivity contribution in [2.45, 2.75) is 24.6 Å². The van der Waals surface area contributed by atoms with Gasteiger partial charge in [0.25, 0.3) is 0 Å². The van der Waals surface area contributed by atoms with Crippen LogP contribution in [0.4, 0.5) is 13.2 Å². The van der Waals surface area contributed by atoms with Crippen LogP contribution in [0.5, 0.6) is 5.75 Å². The normalized spacial score (nSPS) is 22.4. The maximum atomic E-state index is 12.7. The van der Waals surface area contributed by atoms with Gasteiger partial charge in [0.05, 0.1) is 20.1 Å². The third kappa shape index (κ3) is 3.29. The Hall–Kier alpha value is -1.76. The molecule has 7 heteroatoms. The number of rotatable bonds is 3. The molecule has 0 spiro atoms. The van der Waals surface area contributed by atoms with Crippen LogP contribution in [0.25, 0.3) is 0 Å². The molecule has 0 unspecified atom stereocenters. The molecule has 1 aromatic rings. The van der Waals surface area contributed by atoms with Gasteiger partial charge in [0.15, 0.2) is 5.60 Å². The fourth-order valence-electron chi connectivity index (χ4n) is 2.27. The summed E-state index contributed by atoms with van der Waals surface area (Å²) in [6.07, 6.45) is -5.20. The first-order valence-corrected chi connectivity index (χ1v) is 6.45. The SMILES string of the molecule is COc1ccc(CC(=O)N2CC[C@@](O)(C(F)(F)F)C2)cc1. The first kappa shape index (κ1) is 15.6. The predicted octanol–water partition coefficient (Wildman–Crippen LogP) is 1.76. The Morgan fingerprint density at radius 3 is 2.48 bits per heavy atom. The minimum absolute atomic E-state index is 0.00205. The van der Waals surface area contributed by atoms with Crippen LogP contribution in [0.1, 0.15) is 12.0 Å². The summed E-state index contributed by atoms with van der Waals surface area (Å²) >= 11 is 0. The summed E-state index contributed by atoms with van der Waals surface area (Å²) in [7, 11) is 1.52. The highest BCUT2D eigenvalue weighted by atomic mass is 19.4. The van der Waals surface area contributed by atoms with Gasteiger partial charge < -0.3 is 14.7 Å². The van der Waals surface area contributed by atoms with E-state index in [1.165, 1.54) is 7.11 Å². The molecule has 4 nitrogen and oxygen atoms in total. The summed E-state index contributed by atoms with van der Waals surface area (Å²) in [5.74, 6) is 0.208. The van der Waals surface area contributed by atoms with Crippen molar-refractivity contribution in [3.8, 4) is 5.75 Å². The van der Waals surface area contributed by atoms with Crippen LogP contribution in [0, 0.1) is 0 Å². The highest BCUT2D eigenvalue weighted by molar-refractivity contribution is 5.79. The van der Waals surface area contributed by atoms with Gasteiger partial charge in [-0.15, -0.1) is 0 Å². The Morgan fingerprint density at radius 2 is 2.00 bits per heavy atom. The van der Waals surface area contributed by atoms with E-state index < -0.39 is 30.7 Å². The van der Waals surface area contributed by atoms with Crippen molar-refractivity contribution >= 4 is 5.91 Å². The number of likely N-dealkylation sites (tertiary alicyclic amines) is 1. The summed E-state index contributed by atoms with van der Waals surface area (Å²) in [5.41, 5.74) is -2.11. The quantitative estimate of drug-likeness (QED) is 0.926. The maximum absolute atomic E-state index is 12.7. The lowest BCUT2D eigenvalue weighted by Crippen LogP contribution is -2.48. The van der Waals surface area contributed by atoms with Gasteiger partial charge in [0.2, 0.25) is 5.91 Å². The molecule has 0 aromatic heterocycles. The highest BCUT2D eigenvalue weighted by Crippen LogP contribution is 2.37. The topological polar surface area (TPSA) is 49.8 Å². The Labute approximate surface area is 120 Å². The van der Waals surface area contributed by atoms with Crippen LogP contribution >= 0.6 is 0 Å². The molecule has 2 rings (SSSR count). The molecule has 0 radical (unpaired) electrons. The minimum Gasteiger partial charge on any atom is -0.497 e. The second kappa shape index (κ2) is 5.55. The Balaban J connectivity index is 1.98. The van der Waals surface area contributed by atoms with Gasteiger partial charge in [0.1, 0.15) is 5.75 Å². The average molecular weight is 303 g/mol. The lowest BCUT2D eigenvalue weighted by Gasteiger charge is -2.25. The number of ether oxygens (including phenoxy) is 1. The van der Waals surface area contributed by atoms with Gasteiger partial charge in [-0.2, -0.15) is 13.2 Å². The molecule has 0 aliphatic carbocycles. The van der Waals surface area contributed by atoms with Gasteiger partial charge in [-0.25, -0.2) is 0 Å². The van der Waals surface area contributed by atoms with Crippen molar-refractivity contribution in [2.24, 2.45) is 0 Å². The number of carbonyl (C=O) groups excluding carboxylic acids is 1. The van der Waals surface area contributed by atoms with E-state index in [-0.39, 0.29) is 13.0 Å². The number of hydrogen-bond donors (Lipinski definition) is 1. The fraction of sp³-hybridized carbons (Fsp3) is 0.500. The third-order valence-corrected chi connectivity index (χ3v) is 3.64. The molecule has 1 aliphatic rings. The lowest BCUT2D eigenvalue weighted by atomic mass is 10.0. The van der Waals surface area contributed by atoms with E-state index in [1.807, 2.05) is 0 Å². The minimum atomic E-state index is -4.72. The first-order chi connectivity index (χ1) is 9.75. The van der Waals surface area contributed by atoms with Crippen LogP contribution in [0.2, 0.25) is 0 Å². The molecule has 21 heavy (non-hydrogen) atoms. The summed E-state index contributed by atoms with van der Waals surface area (Å²) in [5, 5.41) is 9.55. The van der Waals surface area contributed by atoms with E-state index in [9.17, 15) is 23.1 Å². The molecule has 0 saturated carbocycles. The van der Waals surface area contributed by atoms with Crippen molar-refractivity contribution in [1.82, 2.24) is 4.90 Å². The lowest BCUT2D eigenvalue weighted by molar-refractivity contribution is -0.253. The molecular formula is C14H16F3NO3. The van der Waals surface area contributed by atoms with Crippen molar-refractivity contribution in [2.75, 3.05) is 20.2 Å². The Kier molecular flexibility index (Phi) is 4.13. The van der Waals surface area contributed by atoms with E-state index in [4.69, 9.17) is 4.74 Å².